The van der Waals surface area contributed by atoms with E-state index in [9.17, 15) is 37.0 Å². The number of rotatable bonds is 14. The van der Waals surface area contributed by atoms with Gasteiger partial charge in [0, 0.05) is 17.0 Å². The first-order valence-corrected chi connectivity index (χ1v) is 16.4. The normalized spacial score (nSPS) is 14.5. The van der Waals surface area contributed by atoms with Crippen molar-refractivity contribution in [2.45, 2.75) is 37.1 Å². The Morgan fingerprint density at radius 1 is 1.00 bits per heavy atom. The number of aromatic nitrogens is 1. The van der Waals surface area contributed by atoms with Gasteiger partial charge < -0.3 is 20.8 Å². The predicted molar refractivity (Wildman–Crippen MR) is 155 cm³/mol. The van der Waals surface area contributed by atoms with Crippen LogP contribution in [0.15, 0.2) is 53.9 Å². The number of carbonyl (C=O) groups excluding carboxylic acids is 2. The number of thioether (sulfide) groups is 1. The molecule has 15 heteroatoms. The zero-order valence-electron chi connectivity index (χ0n) is 22.1. The van der Waals surface area contributed by atoms with Crippen LogP contribution in [-0.4, -0.2) is 78.0 Å². The van der Waals surface area contributed by atoms with Gasteiger partial charge in [0.2, 0.25) is 10.0 Å². The Balaban J connectivity index is 1.87. The van der Waals surface area contributed by atoms with Crippen LogP contribution in [0.4, 0.5) is 13.9 Å². The van der Waals surface area contributed by atoms with Crippen LogP contribution >= 0.6 is 23.1 Å². The molecule has 4 atom stereocenters. The van der Waals surface area contributed by atoms with Crippen LogP contribution in [-0.2, 0) is 16.4 Å². The molecule has 0 fully saturated rings. The number of anilines is 1. The zero-order valence-corrected chi connectivity index (χ0v) is 24.5. The van der Waals surface area contributed by atoms with Gasteiger partial charge in [0.1, 0.15) is 29.5 Å². The number of benzene rings is 2. The number of sulfonamides is 1. The van der Waals surface area contributed by atoms with Crippen LogP contribution in [0.25, 0.3) is 0 Å². The minimum atomic E-state index is -3.65. The lowest BCUT2D eigenvalue weighted by molar-refractivity contribution is -0.0224. The summed E-state index contributed by atoms with van der Waals surface area (Å²) in [6.07, 6.45) is -0.582. The van der Waals surface area contributed by atoms with Gasteiger partial charge in [0.25, 0.3) is 11.8 Å². The second-order valence-corrected chi connectivity index (χ2v) is 12.8. The van der Waals surface area contributed by atoms with Gasteiger partial charge in [0.05, 0.1) is 18.3 Å². The molecule has 3 aromatic rings. The third kappa shape index (κ3) is 10.0. The fraction of sp³-hybridized carbons (Fsp3) is 0.346. The van der Waals surface area contributed by atoms with Crippen molar-refractivity contribution in [3.8, 4) is 0 Å². The molecule has 0 aliphatic rings. The van der Waals surface area contributed by atoms with Crippen molar-refractivity contribution in [1.82, 2.24) is 15.6 Å². The first-order chi connectivity index (χ1) is 19.4. The molecule has 5 N–H and O–H groups in total. The summed E-state index contributed by atoms with van der Waals surface area (Å²) in [5, 5.41) is 28.9. The molecule has 0 radical (unpaired) electrons. The molecule has 0 aliphatic heterocycles. The lowest BCUT2D eigenvalue weighted by Gasteiger charge is -2.33. The van der Waals surface area contributed by atoms with Crippen molar-refractivity contribution in [3.05, 3.63) is 82.4 Å². The fourth-order valence-corrected chi connectivity index (χ4v) is 5.99. The Hall–Kier alpha value is -3.11. The summed E-state index contributed by atoms with van der Waals surface area (Å²) in [7, 11) is -3.65. The van der Waals surface area contributed by atoms with Gasteiger partial charge in [0.15, 0.2) is 5.13 Å². The summed E-state index contributed by atoms with van der Waals surface area (Å²) in [6.45, 7) is 0. The van der Waals surface area contributed by atoms with Gasteiger partial charge in [-0.25, -0.2) is 22.2 Å². The third-order valence-corrected chi connectivity index (χ3v) is 7.96. The molecule has 1 aromatic heterocycles. The molecule has 0 unspecified atom stereocenters. The molecule has 2 amide bonds. The predicted octanol–water partition coefficient (Wildman–Crippen LogP) is 2.41. The molecule has 41 heavy (non-hydrogen) atoms. The maximum Gasteiger partial charge on any atom is 0.271 e. The maximum absolute atomic E-state index is 13.9. The van der Waals surface area contributed by atoms with Crippen LogP contribution in [0.1, 0.15) is 32.8 Å². The quantitative estimate of drug-likeness (QED) is 0.182. The van der Waals surface area contributed by atoms with E-state index >= 15 is 0 Å². The number of aliphatic hydroxyl groups is 2. The number of carbonyl (C=O) groups is 2. The highest BCUT2D eigenvalue weighted by Crippen LogP contribution is 2.20. The molecule has 0 bridgehead atoms. The second kappa shape index (κ2) is 14.7. The summed E-state index contributed by atoms with van der Waals surface area (Å²) in [6, 6.07) is 8.76. The molecule has 0 spiro atoms. The molecule has 1 heterocycles. The summed E-state index contributed by atoms with van der Waals surface area (Å²) >= 11 is 2.31. The number of aliphatic hydroxyl groups excluding tert-OH is 2. The molecule has 0 aliphatic carbocycles. The number of amides is 2. The lowest BCUT2D eigenvalue weighted by Crippen LogP contribution is -2.56. The van der Waals surface area contributed by atoms with Crippen LogP contribution in [0.2, 0.25) is 0 Å². The molecule has 0 saturated heterocycles. The summed E-state index contributed by atoms with van der Waals surface area (Å²) in [5.41, 5.74) is 0.241. The number of halogens is 2. The molecular formula is C26H30F2N4O6S3. The van der Waals surface area contributed by atoms with Crippen LogP contribution < -0.4 is 15.4 Å². The highest BCUT2D eigenvalue weighted by Gasteiger charge is 2.35. The van der Waals surface area contributed by atoms with Crippen molar-refractivity contribution < 1.29 is 37.0 Å². The highest BCUT2D eigenvalue weighted by molar-refractivity contribution is 7.98. The van der Waals surface area contributed by atoms with E-state index in [1.807, 2.05) is 6.26 Å². The minimum Gasteiger partial charge on any atom is -0.388 e. The Kier molecular flexibility index (Phi) is 11.6. The first kappa shape index (κ1) is 32.4. The van der Waals surface area contributed by atoms with E-state index in [0.717, 1.165) is 29.7 Å². The van der Waals surface area contributed by atoms with Crippen molar-refractivity contribution in [1.29, 1.82) is 0 Å². The van der Waals surface area contributed by atoms with Crippen LogP contribution in [0.3, 0.4) is 0 Å². The largest absolute Gasteiger partial charge is 0.388 e. The van der Waals surface area contributed by atoms with E-state index in [4.69, 9.17) is 0 Å². The molecule has 2 aromatic carbocycles. The monoisotopic (exact) mass is 628 g/mol. The maximum atomic E-state index is 13.9. The summed E-state index contributed by atoms with van der Waals surface area (Å²) in [4.78, 5) is 29.8. The SMILES string of the molecule is CSCC[C@@H](NC(=O)c1ccccc1)[C@@H](O)[C@H](O)[C@H](Cc1cc(F)cc(F)c1)NC(=O)c1csc(NS(C)(=O)=O)n1. The van der Waals surface area contributed by atoms with Gasteiger partial charge in [-0.2, -0.15) is 11.8 Å². The molecule has 10 nitrogen and oxygen atoms in total. The number of hydrogen-bond acceptors (Lipinski definition) is 9. The standard InChI is InChI=1S/C26H30F2N4O6S3/c1-39-9-8-19(29-24(35)16-6-4-3-5-7-16)22(33)23(34)20(12-15-10-17(27)13-18(28)11-15)30-25(36)21-14-40-26(31-21)32-41(2,37)38/h3-7,10-11,13-14,19-20,22-23,33-34H,8-9,12H2,1-2H3,(H,29,35)(H,30,36)(H,31,32)/t19-,20+,22-,23-/m1/s1. The number of nitrogens with zero attached hydrogens (tertiary/aromatic N) is 1. The highest BCUT2D eigenvalue weighted by atomic mass is 32.2. The Morgan fingerprint density at radius 3 is 2.22 bits per heavy atom. The summed E-state index contributed by atoms with van der Waals surface area (Å²) in [5.74, 6) is -2.54. The average Bonchev–Trinajstić information content (AvgIpc) is 3.36. The second-order valence-electron chi connectivity index (χ2n) is 9.18. The summed E-state index contributed by atoms with van der Waals surface area (Å²) < 4.78 is 53.0. The van der Waals surface area contributed by atoms with Crippen LogP contribution in [0, 0.1) is 11.6 Å². The minimum absolute atomic E-state index is 0.0669. The topological polar surface area (TPSA) is 158 Å². The number of nitrogens with one attached hydrogen (secondary N) is 3. The van der Waals surface area contributed by atoms with Gasteiger partial charge in [-0.1, -0.05) is 18.2 Å². The molecule has 3 rings (SSSR count). The smallest absolute Gasteiger partial charge is 0.271 e. The average molecular weight is 629 g/mol. The Morgan fingerprint density at radius 2 is 1.61 bits per heavy atom. The van der Waals surface area contributed by atoms with E-state index in [1.165, 1.54) is 17.1 Å². The van der Waals surface area contributed by atoms with Gasteiger partial charge in [-0.3, -0.25) is 14.3 Å². The molecule has 222 valence electrons. The van der Waals surface area contributed by atoms with E-state index in [0.29, 0.717) is 17.4 Å². The number of hydrogen-bond donors (Lipinski definition) is 5. The van der Waals surface area contributed by atoms with Gasteiger partial charge in [-0.05, 0) is 54.7 Å². The van der Waals surface area contributed by atoms with E-state index in [1.54, 1.807) is 30.3 Å². The van der Waals surface area contributed by atoms with Gasteiger partial charge in [-0.15, -0.1) is 11.3 Å². The van der Waals surface area contributed by atoms with Crippen LogP contribution in [0.5, 0.6) is 0 Å². The molecular weight excluding hydrogens is 599 g/mol. The van der Waals surface area contributed by atoms with Crippen molar-refractivity contribution in [2.24, 2.45) is 0 Å². The Labute approximate surface area is 244 Å². The van der Waals surface area contributed by atoms with E-state index in [-0.39, 0.29) is 29.2 Å². The van der Waals surface area contributed by atoms with Gasteiger partial charge >= 0.3 is 0 Å². The van der Waals surface area contributed by atoms with E-state index < -0.39 is 57.8 Å². The fourth-order valence-electron chi connectivity index (χ4n) is 3.96. The number of thiazole rings is 1. The van der Waals surface area contributed by atoms with E-state index in [2.05, 4.69) is 20.3 Å². The zero-order chi connectivity index (χ0) is 30.2. The Bertz CT molecular complexity index is 1420. The molecule has 0 saturated carbocycles. The van der Waals surface area contributed by atoms with Crippen molar-refractivity contribution in [2.75, 3.05) is 23.0 Å². The third-order valence-electron chi connectivity index (χ3n) is 5.86. The first-order valence-electron chi connectivity index (χ1n) is 12.3. The van der Waals surface area contributed by atoms with Crippen molar-refractivity contribution in [3.63, 3.8) is 0 Å². The lowest BCUT2D eigenvalue weighted by atomic mass is 9.92. The van der Waals surface area contributed by atoms with Crippen molar-refractivity contribution >= 4 is 50.1 Å².